The highest BCUT2D eigenvalue weighted by atomic mass is 32.2. The van der Waals surface area contributed by atoms with Crippen LogP contribution in [-0.4, -0.2) is 38.8 Å². The Morgan fingerprint density at radius 3 is 2.58 bits per heavy atom. The van der Waals surface area contributed by atoms with Crippen LogP contribution in [0.1, 0.15) is 23.2 Å². The largest absolute Gasteiger partial charge is 0.399 e. The highest BCUT2D eigenvalue weighted by molar-refractivity contribution is 7.90. The van der Waals surface area contributed by atoms with Crippen molar-refractivity contribution in [1.82, 2.24) is 5.32 Å². The van der Waals surface area contributed by atoms with Crippen molar-refractivity contribution in [3.63, 3.8) is 0 Å². The topological polar surface area (TPSA) is 109 Å². The number of hydrogen-bond donors (Lipinski definition) is 3. The number of rotatable bonds is 6. The molecule has 1 aromatic carbocycles. The highest BCUT2D eigenvalue weighted by Gasteiger charge is 2.13. The Hall–Kier alpha value is -1.60. The maximum atomic E-state index is 11.8. The summed E-state index contributed by atoms with van der Waals surface area (Å²) < 4.78 is 22.9. The van der Waals surface area contributed by atoms with Gasteiger partial charge in [-0.25, -0.2) is 8.42 Å². The van der Waals surface area contributed by atoms with Crippen LogP contribution in [0, 0.1) is 0 Å². The van der Waals surface area contributed by atoms with Crippen LogP contribution >= 0.6 is 0 Å². The number of aliphatic hydroxyl groups is 1. The molecule has 0 radical (unpaired) electrons. The summed E-state index contributed by atoms with van der Waals surface area (Å²) in [5.74, 6) is -0.380. The van der Waals surface area contributed by atoms with E-state index < -0.39 is 9.84 Å². The average molecular weight is 286 g/mol. The molecule has 0 saturated carbocycles. The number of aliphatic hydroxyl groups excluding tert-OH is 1. The van der Waals surface area contributed by atoms with E-state index >= 15 is 0 Å². The molecule has 0 heterocycles. The Bertz CT molecular complexity index is 555. The van der Waals surface area contributed by atoms with Crippen molar-refractivity contribution < 1.29 is 18.3 Å². The van der Waals surface area contributed by atoms with E-state index in [1.807, 2.05) is 0 Å². The number of nitrogens with one attached hydrogen (secondary N) is 1. The normalized spacial score (nSPS) is 11.3. The molecule has 1 aromatic rings. The van der Waals surface area contributed by atoms with Crippen LogP contribution in [0.3, 0.4) is 0 Å². The van der Waals surface area contributed by atoms with Crippen LogP contribution in [0.5, 0.6) is 0 Å². The number of amides is 1. The standard InChI is InChI=1S/C12H18N2O4S/c1-19(17,18)11-7-9(6-10(13)8-11)12(16)14-4-2-3-5-15/h6-8,15H,2-5,13H2,1H3,(H,14,16). The molecule has 1 rings (SSSR count). The number of hydrogen-bond acceptors (Lipinski definition) is 5. The first-order chi connectivity index (χ1) is 8.84. The monoisotopic (exact) mass is 286 g/mol. The molecule has 0 bridgehead atoms. The van der Waals surface area contributed by atoms with Gasteiger partial charge in [-0.3, -0.25) is 4.79 Å². The summed E-state index contributed by atoms with van der Waals surface area (Å²) in [4.78, 5) is 11.8. The van der Waals surface area contributed by atoms with Gasteiger partial charge in [-0.05, 0) is 31.0 Å². The lowest BCUT2D eigenvalue weighted by Crippen LogP contribution is -2.25. The van der Waals surface area contributed by atoms with Crippen molar-refractivity contribution in [2.24, 2.45) is 0 Å². The summed E-state index contributed by atoms with van der Waals surface area (Å²) in [7, 11) is -3.40. The predicted octanol–water partition coefficient (Wildman–Crippen LogP) is 0.175. The maximum Gasteiger partial charge on any atom is 0.251 e. The van der Waals surface area contributed by atoms with Gasteiger partial charge in [0.2, 0.25) is 0 Å². The van der Waals surface area contributed by atoms with Gasteiger partial charge in [0, 0.05) is 30.7 Å². The minimum absolute atomic E-state index is 0.0213. The first kappa shape index (κ1) is 15.5. The van der Waals surface area contributed by atoms with Crippen molar-refractivity contribution in [2.45, 2.75) is 17.7 Å². The molecule has 19 heavy (non-hydrogen) atoms. The molecule has 0 aliphatic heterocycles. The third-order valence-electron chi connectivity index (χ3n) is 2.49. The van der Waals surface area contributed by atoms with Gasteiger partial charge < -0.3 is 16.2 Å². The van der Waals surface area contributed by atoms with Crippen LogP contribution in [0.25, 0.3) is 0 Å². The van der Waals surface area contributed by atoms with Crippen LogP contribution in [0.4, 0.5) is 5.69 Å². The molecule has 1 amide bonds. The average Bonchev–Trinajstić information content (AvgIpc) is 2.32. The molecule has 4 N–H and O–H groups in total. The first-order valence-electron chi connectivity index (χ1n) is 5.84. The third kappa shape index (κ3) is 4.88. The van der Waals surface area contributed by atoms with Crippen molar-refractivity contribution >= 4 is 21.4 Å². The third-order valence-corrected chi connectivity index (χ3v) is 3.58. The second kappa shape index (κ2) is 6.53. The van der Waals surface area contributed by atoms with Gasteiger partial charge in [-0.2, -0.15) is 0 Å². The number of sulfone groups is 1. The number of benzene rings is 1. The number of unbranched alkanes of at least 4 members (excludes halogenated alkanes) is 1. The zero-order valence-corrected chi connectivity index (χ0v) is 11.5. The number of anilines is 1. The lowest BCUT2D eigenvalue weighted by atomic mass is 10.2. The van der Waals surface area contributed by atoms with Gasteiger partial charge >= 0.3 is 0 Å². The predicted molar refractivity (Wildman–Crippen MR) is 72.6 cm³/mol. The van der Waals surface area contributed by atoms with Crippen LogP contribution in [-0.2, 0) is 9.84 Å². The number of nitrogen functional groups attached to an aromatic ring is 1. The summed E-state index contributed by atoms with van der Waals surface area (Å²) in [6.45, 7) is 0.495. The first-order valence-corrected chi connectivity index (χ1v) is 7.73. The second-order valence-corrected chi connectivity index (χ2v) is 6.27. The van der Waals surface area contributed by atoms with E-state index in [9.17, 15) is 13.2 Å². The van der Waals surface area contributed by atoms with E-state index in [-0.39, 0.29) is 28.7 Å². The molecular formula is C12H18N2O4S. The quantitative estimate of drug-likeness (QED) is 0.510. The Morgan fingerprint density at radius 2 is 2.00 bits per heavy atom. The van der Waals surface area contributed by atoms with E-state index in [1.165, 1.54) is 18.2 Å². The smallest absolute Gasteiger partial charge is 0.251 e. The summed E-state index contributed by atoms with van der Waals surface area (Å²) in [5.41, 5.74) is 6.03. The van der Waals surface area contributed by atoms with E-state index in [0.29, 0.717) is 19.4 Å². The zero-order valence-electron chi connectivity index (χ0n) is 10.7. The molecule has 0 aliphatic carbocycles. The van der Waals surface area contributed by atoms with Gasteiger partial charge in [0.1, 0.15) is 0 Å². The Labute approximate surface area is 112 Å². The molecule has 0 atom stereocenters. The van der Waals surface area contributed by atoms with Gasteiger partial charge in [0.15, 0.2) is 9.84 Å². The van der Waals surface area contributed by atoms with Gasteiger partial charge in [0.25, 0.3) is 5.91 Å². The SMILES string of the molecule is CS(=O)(=O)c1cc(N)cc(C(=O)NCCCCO)c1. The number of carbonyl (C=O) groups excluding carboxylic acids is 1. The fourth-order valence-corrected chi connectivity index (χ4v) is 2.20. The highest BCUT2D eigenvalue weighted by Crippen LogP contribution is 2.16. The van der Waals surface area contributed by atoms with E-state index in [0.717, 1.165) is 6.26 Å². The van der Waals surface area contributed by atoms with Crippen LogP contribution < -0.4 is 11.1 Å². The van der Waals surface area contributed by atoms with Crippen molar-refractivity contribution in [3.05, 3.63) is 23.8 Å². The minimum atomic E-state index is -3.40. The second-order valence-electron chi connectivity index (χ2n) is 4.25. The summed E-state index contributed by atoms with van der Waals surface area (Å²) in [6.07, 6.45) is 2.32. The Balaban J connectivity index is 2.83. The van der Waals surface area contributed by atoms with Crippen molar-refractivity contribution in [2.75, 3.05) is 25.1 Å². The molecule has 0 unspecified atom stereocenters. The molecule has 6 nitrogen and oxygen atoms in total. The lowest BCUT2D eigenvalue weighted by Gasteiger charge is -2.07. The minimum Gasteiger partial charge on any atom is -0.399 e. The van der Waals surface area contributed by atoms with Gasteiger partial charge in [-0.1, -0.05) is 0 Å². The van der Waals surface area contributed by atoms with Crippen molar-refractivity contribution in [1.29, 1.82) is 0 Å². The zero-order chi connectivity index (χ0) is 14.5. The maximum absolute atomic E-state index is 11.8. The molecular weight excluding hydrogens is 268 g/mol. The van der Waals surface area contributed by atoms with Crippen molar-refractivity contribution in [3.8, 4) is 0 Å². The van der Waals surface area contributed by atoms with Gasteiger partial charge in [0.05, 0.1) is 4.90 Å². The van der Waals surface area contributed by atoms with Gasteiger partial charge in [-0.15, -0.1) is 0 Å². The molecule has 0 saturated heterocycles. The molecule has 7 heteroatoms. The fourth-order valence-electron chi connectivity index (χ4n) is 1.51. The van der Waals surface area contributed by atoms with E-state index in [4.69, 9.17) is 10.8 Å². The van der Waals surface area contributed by atoms with Crippen LogP contribution in [0.2, 0.25) is 0 Å². The summed E-state index contributed by atoms with van der Waals surface area (Å²) in [5, 5.41) is 11.3. The molecule has 0 aliphatic rings. The Morgan fingerprint density at radius 1 is 1.32 bits per heavy atom. The molecule has 0 spiro atoms. The van der Waals surface area contributed by atoms with E-state index in [1.54, 1.807) is 0 Å². The van der Waals surface area contributed by atoms with Crippen LogP contribution in [0.15, 0.2) is 23.1 Å². The lowest BCUT2D eigenvalue weighted by molar-refractivity contribution is 0.0952. The van der Waals surface area contributed by atoms with E-state index in [2.05, 4.69) is 5.32 Å². The Kier molecular flexibility index (Phi) is 5.31. The molecule has 0 aromatic heterocycles. The number of carbonyl (C=O) groups is 1. The molecule has 0 fully saturated rings. The summed E-state index contributed by atoms with van der Waals surface area (Å²) in [6, 6.07) is 4.04. The fraction of sp³-hybridized carbons (Fsp3) is 0.417. The summed E-state index contributed by atoms with van der Waals surface area (Å²) >= 11 is 0. The molecule has 106 valence electrons. The number of nitrogens with two attached hydrogens (primary N) is 1.